The fraction of sp³-hybridized carbons (Fsp3) is 0.733. The van der Waals surface area contributed by atoms with Crippen LogP contribution in [0.5, 0.6) is 0 Å². The van der Waals surface area contributed by atoms with E-state index in [1.807, 2.05) is 13.1 Å². The minimum Gasteiger partial charge on any atom is -0.315 e. The maximum absolute atomic E-state index is 12.3. The summed E-state index contributed by atoms with van der Waals surface area (Å²) in [5.74, 6) is 0. The van der Waals surface area contributed by atoms with Gasteiger partial charge in [0.15, 0.2) is 0 Å². The summed E-state index contributed by atoms with van der Waals surface area (Å²) in [5.41, 5.74) is -0.00664. The average molecular weight is 333 g/mol. The van der Waals surface area contributed by atoms with E-state index in [9.17, 15) is 8.42 Å². The molecule has 1 heterocycles. The van der Waals surface area contributed by atoms with Gasteiger partial charge in [-0.2, -0.15) is 0 Å². The molecule has 0 atom stereocenters. The first-order valence-electron chi connectivity index (χ1n) is 7.54. The van der Waals surface area contributed by atoms with Gasteiger partial charge >= 0.3 is 0 Å². The molecule has 0 bridgehead atoms. The molecule has 0 unspecified atom stereocenters. The molecule has 6 heteroatoms. The van der Waals surface area contributed by atoms with Crippen LogP contribution in [0.25, 0.3) is 0 Å². The molecule has 1 rings (SSSR count). The lowest BCUT2D eigenvalue weighted by Crippen LogP contribution is -2.33. The molecule has 0 spiro atoms. The van der Waals surface area contributed by atoms with Crippen LogP contribution in [-0.4, -0.2) is 22.0 Å². The first kappa shape index (κ1) is 18.6. The maximum Gasteiger partial charge on any atom is 0.250 e. The van der Waals surface area contributed by atoms with Crippen LogP contribution in [-0.2, 0) is 16.6 Å². The van der Waals surface area contributed by atoms with Crippen molar-refractivity contribution in [2.75, 3.05) is 13.6 Å². The van der Waals surface area contributed by atoms with Gasteiger partial charge in [-0.05, 0) is 31.0 Å². The molecule has 0 aromatic carbocycles. The third kappa shape index (κ3) is 6.46. The lowest BCUT2D eigenvalue weighted by Gasteiger charge is -2.24. The summed E-state index contributed by atoms with van der Waals surface area (Å²) in [5, 5.41) is 3.03. The lowest BCUT2D eigenvalue weighted by molar-refractivity contribution is 0.320. The molecule has 4 nitrogen and oxygen atoms in total. The van der Waals surface area contributed by atoms with E-state index in [1.165, 1.54) is 24.2 Å². The van der Waals surface area contributed by atoms with Crippen molar-refractivity contribution in [2.24, 2.45) is 5.41 Å². The van der Waals surface area contributed by atoms with Crippen LogP contribution < -0.4 is 10.0 Å². The first-order chi connectivity index (χ1) is 9.80. The third-order valence-electron chi connectivity index (χ3n) is 3.45. The largest absolute Gasteiger partial charge is 0.315 e. The van der Waals surface area contributed by atoms with Crippen LogP contribution in [0.3, 0.4) is 0 Å². The van der Waals surface area contributed by atoms with Gasteiger partial charge < -0.3 is 5.32 Å². The fourth-order valence-electron chi connectivity index (χ4n) is 2.08. The summed E-state index contributed by atoms with van der Waals surface area (Å²) in [4.78, 5) is 1.03. The normalized spacial score (nSPS) is 12.8. The zero-order chi connectivity index (χ0) is 15.9. The highest BCUT2D eigenvalue weighted by molar-refractivity contribution is 7.91. The smallest absolute Gasteiger partial charge is 0.250 e. The van der Waals surface area contributed by atoms with Crippen LogP contribution in [0, 0.1) is 5.41 Å². The van der Waals surface area contributed by atoms with Gasteiger partial charge in [-0.15, -0.1) is 11.3 Å². The van der Waals surface area contributed by atoms with Crippen molar-refractivity contribution in [2.45, 2.75) is 57.2 Å². The van der Waals surface area contributed by atoms with Gasteiger partial charge in [0.2, 0.25) is 10.0 Å². The molecule has 0 aliphatic heterocycles. The van der Waals surface area contributed by atoms with E-state index in [-0.39, 0.29) is 5.41 Å². The molecule has 0 aliphatic carbocycles. The van der Waals surface area contributed by atoms with Crippen molar-refractivity contribution in [1.82, 2.24) is 10.0 Å². The van der Waals surface area contributed by atoms with Crippen molar-refractivity contribution < 1.29 is 8.42 Å². The predicted molar refractivity (Wildman–Crippen MR) is 90.2 cm³/mol. The predicted octanol–water partition coefficient (Wildman–Crippen LogP) is 3.35. The Morgan fingerprint density at radius 2 is 1.95 bits per heavy atom. The van der Waals surface area contributed by atoms with Crippen molar-refractivity contribution in [3.05, 3.63) is 17.0 Å². The van der Waals surface area contributed by atoms with Gasteiger partial charge in [0.1, 0.15) is 4.21 Å². The fourth-order valence-corrected chi connectivity index (χ4v) is 4.73. The quantitative estimate of drug-likeness (QED) is 0.646. The molecule has 0 saturated carbocycles. The number of sulfonamides is 1. The van der Waals surface area contributed by atoms with E-state index in [1.54, 1.807) is 6.07 Å². The molecule has 0 fully saturated rings. The van der Waals surface area contributed by atoms with Crippen molar-refractivity contribution in [1.29, 1.82) is 0 Å². The minimum atomic E-state index is -3.38. The van der Waals surface area contributed by atoms with Gasteiger partial charge in [0.25, 0.3) is 0 Å². The van der Waals surface area contributed by atoms with E-state index >= 15 is 0 Å². The van der Waals surface area contributed by atoms with Gasteiger partial charge in [-0.1, -0.05) is 40.0 Å². The Balaban J connectivity index is 2.59. The summed E-state index contributed by atoms with van der Waals surface area (Å²) < 4.78 is 27.8. The second-order valence-corrected chi connectivity index (χ2v) is 9.36. The lowest BCUT2D eigenvalue weighted by atomic mass is 9.87. The Hall–Kier alpha value is -0.430. The van der Waals surface area contributed by atoms with Gasteiger partial charge in [0, 0.05) is 18.0 Å². The highest BCUT2D eigenvalue weighted by atomic mass is 32.2. The van der Waals surface area contributed by atoms with E-state index in [2.05, 4.69) is 30.8 Å². The second kappa shape index (κ2) is 8.27. The molecule has 0 radical (unpaired) electrons. The maximum atomic E-state index is 12.3. The number of rotatable bonds is 10. The molecular formula is C15H28N2O2S2. The molecule has 1 aromatic heterocycles. The van der Waals surface area contributed by atoms with Gasteiger partial charge in [-0.3, -0.25) is 0 Å². The zero-order valence-corrected chi connectivity index (χ0v) is 15.2. The number of hydrogen-bond acceptors (Lipinski definition) is 4. The number of thiophene rings is 1. The van der Waals surface area contributed by atoms with Crippen LogP contribution in [0.1, 0.15) is 51.3 Å². The minimum absolute atomic E-state index is 0.00664. The molecular weight excluding hydrogens is 304 g/mol. The highest BCUT2D eigenvalue weighted by Gasteiger charge is 2.23. The van der Waals surface area contributed by atoms with E-state index < -0.39 is 10.0 Å². The van der Waals surface area contributed by atoms with Crippen molar-refractivity contribution in [3.63, 3.8) is 0 Å². The average Bonchev–Trinajstić information content (AvgIpc) is 2.87. The number of nitrogens with one attached hydrogen (secondary N) is 2. The standard InChI is InChI=1S/C15H28N2O2S2/c1-5-6-7-10-15(2,3)12-17-21(18,19)14-9-8-13(20-14)11-16-4/h8-9,16-17H,5-7,10-12H2,1-4H3. The first-order valence-corrected chi connectivity index (χ1v) is 9.84. The molecule has 0 amide bonds. The van der Waals surface area contributed by atoms with Crippen LogP contribution in [0.15, 0.2) is 16.3 Å². The Labute approximate surface area is 133 Å². The molecule has 0 saturated heterocycles. The summed E-state index contributed by atoms with van der Waals surface area (Å²) in [6.45, 7) is 7.59. The molecule has 21 heavy (non-hydrogen) atoms. The number of unbranched alkanes of at least 4 members (excludes halogenated alkanes) is 2. The van der Waals surface area contributed by atoms with Crippen molar-refractivity contribution in [3.8, 4) is 0 Å². The van der Waals surface area contributed by atoms with Gasteiger partial charge in [0.05, 0.1) is 0 Å². The third-order valence-corrected chi connectivity index (χ3v) is 6.43. The topological polar surface area (TPSA) is 58.2 Å². The summed E-state index contributed by atoms with van der Waals surface area (Å²) in [6, 6.07) is 3.55. The summed E-state index contributed by atoms with van der Waals surface area (Å²) in [7, 11) is -1.53. The van der Waals surface area contributed by atoms with E-state index in [0.29, 0.717) is 17.3 Å². The monoisotopic (exact) mass is 332 g/mol. The highest BCUT2D eigenvalue weighted by Crippen LogP contribution is 2.25. The van der Waals surface area contributed by atoms with Crippen molar-refractivity contribution >= 4 is 21.4 Å². The Bertz CT molecular complexity index is 522. The Kier molecular flexibility index (Phi) is 7.33. The second-order valence-electron chi connectivity index (χ2n) is 6.20. The summed E-state index contributed by atoms with van der Waals surface area (Å²) in [6.07, 6.45) is 4.58. The molecule has 0 aliphatic rings. The Morgan fingerprint density at radius 3 is 2.57 bits per heavy atom. The van der Waals surface area contributed by atoms with Crippen LogP contribution in [0.4, 0.5) is 0 Å². The SMILES string of the molecule is CCCCCC(C)(C)CNS(=O)(=O)c1ccc(CNC)s1. The molecule has 1 aromatic rings. The van der Waals surface area contributed by atoms with Crippen LogP contribution >= 0.6 is 11.3 Å². The van der Waals surface area contributed by atoms with E-state index in [0.717, 1.165) is 17.7 Å². The van der Waals surface area contributed by atoms with Gasteiger partial charge in [-0.25, -0.2) is 13.1 Å². The van der Waals surface area contributed by atoms with Crippen LogP contribution in [0.2, 0.25) is 0 Å². The number of hydrogen-bond donors (Lipinski definition) is 2. The molecule has 2 N–H and O–H groups in total. The summed E-state index contributed by atoms with van der Waals surface area (Å²) >= 11 is 1.32. The Morgan fingerprint density at radius 1 is 1.24 bits per heavy atom. The van der Waals surface area contributed by atoms with E-state index in [4.69, 9.17) is 0 Å². The zero-order valence-electron chi connectivity index (χ0n) is 13.5. The molecule has 122 valence electrons.